The smallest absolute Gasteiger partial charge is 0.244 e. The molecule has 29 heavy (non-hydrogen) atoms. The first-order valence-electron chi connectivity index (χ1n) is 9.86. The van der Waals surface area contributed by atoms with Gasteiger partial charge >= 0.3 is 0 Å². The van der Waals surface area contributed by atoms with Gasteiger partial charge in [-0.1, -0.05) is 42.5 Å². The molecule has 2 aromatic rings. The van der Waals surface area contributed by atoms with E-state index in [0.717, 1.165) is 16.9 Å². The van der Waals surface area contributed by atoms with Crippen LogP contribution in [0.2, 0.25) is 0 Å². The van der Waals surface area contributed by atoms with Crippen molar-refractivity contribution in [3.05, 3.63) is 65.7 Å². The van der Waals surface area contributed by atoms with E-state index in [0.29, 0.717) is 26.2 Å². The molecule has 7 heteroatoms. The number of ether oxygens (including phenoxy) is 1. The highest BCUT2D eigenvalue weighted by atomic mass is 32.2. The summed E-state index contributed by atoms with van der Waals surface area (Å²) in [6.45, 7) is 3.76. The van der Waals surface area contributed by atoms with Crippen molar-refractivity contribution in [1.29, 1.82) is 0 Å². The predicted octanol–water partition coefficient (Wildman–Crippen LogP) is 2.52. The van der Waals surface area contributed by atoms with Crippen LogP contribution >= 0.6 is 0 Å². The van der Waals surface area contributed by atoms with E-state index in [-0.39, 0.29) is 17.4 Å². The Morgan fingerprint density at radius 2 is 1.69 bits per heavy atom. The zero-order chi connectivity index (χ0) is 20.9. The van der Waals surface area contributed by atoms with E-state index in [9.17, 15) is 13.2 Å². The van der Waals surface area contributed by atoms with Crippen LogP contribution in [0.3, 0.4) is 0 Å². The first-order valence-corrected chi connectivity index (χ1v) is 11.7. The molecule has 1 aliphatic heterocycles. The fraction of sp³-hybridized carbons (Fsp3) is 0.409. The minimum Gasteiger partial charge on any atom is -0.494 e. The Bertz CT molecular complexity index is 900. The van der Waals surface area contributed by atoms with Gasteiger partial charge in [-0.3, -0.25) is 9.69 Å². The molecule has 0 radical (unpaired) electrons. The first-order chi connectivity index (χ1) is 13.9. The largest absolute Gasteiger partial charge is 0.494 e. The van der Waals surface area contributed by atoms with Gasteiger partial charge in [0.1, 0.15) is 11.8 Å². The highest BCUT2D eigenvalue weighted by Gasteiger charge is 2.34. The van der Waals surface area contributed by atoms with Crippen LogP contribution in [0.5, 0.6) is 5.75 Å². The van der Waals surface area contributed by atoms with Crippen molar-refractivity contribution in [2.75, 3.05) is 38.2 Å². The average molecular weight is 417 g/mol. The molecule has 3 rings (SSSR count). The van der Waals surface area contributed by atoms with Gasteiger partial charge in [0.25, 0.3) is 0 Å². The van der Waals surface area contributed by atoms with E-state index in [1.165, 1.54) is 0 Å². The highest BCUT2D eigenvalue weighted by molar-refractivity contribution is 7.91. The highest BCUT2D eigenvalue weighted by Crippen LogP contribution is 2.25. The Labute approximate surface area is 173 Å². The molecular formula is C22H28N2O4S. The summed E-state index contributed by atoms with van der Waals surface area (Å²) in [5.74, 6) is 0.949. The molecular weight excluding hydrogens is 388 g/mol. The second-order valence-corrected chi connectivity index (χ2v) is 9.58. The van der Waals surface area contributed by atoms with E-state index in [1.54, 1.807) is 11.9 Å². The normalized spacial score (nSPS) is 17.4. The molecule has 0 saturated carbocycles. The summed E-state index contributed by atoms with van der Waals surface area (Å²) in [5.41, 5.74) is 1.90. The number of carbonyl (C=O) groups is 1. The van der Waals surface area contributed by atoms with Gasteiger partial charge in [0, 0.05) is 26.7 Å². The van der Waals surface area contributed by atoms with Gasteiger partial charge in [-0.15, -0.1) is 0 Å². The molecule has 0 aliphatic carbocycles. The number of hydrogen-bond acceptors (Lipinski definition) is 5. The standard InChI is InChI=1S/C22H28N2O4S/c1-3-28-20-11-9-18(10-12-20)17-23(2)22(25)21(19-7-5-4-6-8-19)24-13-15-29(26,27)16-14-24/h4-12,21H,3,13-17H2,1-2H3. The number of carbonyl (C=O) groups excluding carboxylic acids is 1. The third-order valence-corrected chi connectivity index (χ3v) is 6.73. The molecule has 0 bridgehead atoms. The summed E-state index contributed by atoms with van der Waals surface area (Å²) in [6.07, 6.45) is 0. The molecule has 1 atom stereocenters. The van der Waals surface area contributed by atoms with E-state index >= 15 is 0 Å². The Hall–Kier alpha value is -2.38. The predicted molar refractivity (Wildman–Crippen MR) is 113 cm³/mol. The molecule has 156 valence electrons. The maximum Gasteiger partial charge on any atom is 0.244 e. The van der Waals surface area contributed by atoms with E-state index in [4.69, 9.17) is 4.74 Å². The van der Waals surface area contributed by atoms with E-state index < -0.39 is 15.9 Å². The molecule has 1 saturated heterocycles. The molecule has 1 amide bonds. The summed E-state index contributed by atoms with van der Waals surface area (Å²) in [5, 5.41) is 0. The third kappa shape index (κ3) is 5.58. The number of sulfone groups is 1. The minimum atomic E-state index is -3.01. The molecule has 1 fully saturated rings. The van der Waals surface area contributed by atoms with Gasteiger partial charge in [0.05, 0.1) is 18.1 Å². The van der Waals surface area contributed by atoms with Gasteiger partial charge < -0.3 is 9.64 Å². The van der Waals surface area contributed by atoms with Gasteiger partial charge in [-0.25, -0.2) is 8.42 Å². The van der Waals surface area contributed by atoms with Gasteiger partial charge in [0.2, 0.25) is 5.91 Å². The fourth-order valence-electron chi connectivity index (χ4n) is 3.55. The van der Waals surface area contributed by atoms with Crippen LogP contribution < -0.4 is 4.74 Å². The van der Waals surface area contributed by atoms with Crippen molar-refractivity contribution < 1.29 is 17.9 Å². The van der Waals surface area contributed by atoms with E-state index in [2.05, 4.69) is 0 Å². The van der Waals surface area contributed by atoms with Crippen molar-refractivity contribution in [2.24, 2.45) is 0 Å². The number of benzene rings is 2. The monoisotopic (exact) mass is 416 g/mol. The van der Waals surface area contributed by atoms with Crippen LogP contribution in [-0.4, -0.2) is 62.4 Å². The fourth-order valence-corrected chi connectivity index (χ4v) is 4.78. The molecule has 0 spiro atoms. The Morgan fingerprint density at radius 3 is 2.28 bits per heavy atom. The van der Waals surface area contributed by atoms with E-state index in [1.807, 2.05) is 66.4 Å². The van der Waals surface area contributed by atoms with Crippen LogP contribution in [0.1, 0.15) is 24.1 Å². The summed E-state index contributed by atoms with van der Waals surface area (Å²) < 4.78 is 29.2. The minimum absolute atomic E-state index is 0.0376. The summed E-state index contributed by atoms with van der Waals surface area (Å²) >= 11 is 0. The Balaban J connectivity index is 1.77. The molecule has 1 aliphatic rings. The molecule has 1 unspecified atom stereocenters. The number of likely N-dealkylation sites (N-methyl/N-ethyl adjacent to an activating group) is 1. The molecule has 0 aromatic heterocycles. The summed E-state index contributed by atoms with van der Waals surface area (Å²) in [6, 6.07) is 16.8. The van der Waals surface area contributed by atoms with Crippen LogP contribution in [0, 0.1) is 0 Å². The van der Waals surface area contributed by atoms with Crippen LogP contribution in [0.25, 0.3) is 0 Å². The second-order valence-electron chi connectivity index (χ2n) is 7.27. The van der Waals surface area contributed by atoms with Crippen LogP contribution in [-0.2, 0) is 21.2 Å². The lowest BCUT2D eigenvalue weighted by Gasteiger charge is -2.35. The molecule has 2 aromatic carbocycles. The topological polar surface area (TPSA) is 66.9 Å². The second kappa shape index (κ2) is 9.41. The number of rotatable bonds is 7. The SMILES string of the molecule is CCOc1ccc(CN(C)C(=O)C(c2ccccc2)N2CCS(=O)(=O)CC2)cc1. The third-order valence-electron chi connectivity index (χ3n) is 5.12. The van der Waals surface area contributed by atoms with Crippen molar-refractivity contribution >= 4 is 15.7 Å². The maximum absolute atomic E-state index is 13.4. The summed E-state index contributed by atoms with van der Waals surface area (Å²) in [4.78, 5) is 17.1. The quantitative estimate of drug-likeness (QED) is 0.694. The number of amides is 1. The lowest BCUT2D eigenvalue weighted by Crippen LogP contribution is -2.47. The van der Waals surface area contributed by atoms with Gasteiger partial charge in [-0.2, -0.15) is 0 Å². The van der Waals surface area contributed by atoms with Crippen molar-refractivity contribution in [1.82, 2.24) is 9.80 Å². The van der Waals surface area contributed by atoms with Crippen LogP contribution in [0.4, 0.5) is 0 Å². The Morgan fingerprint density at radius 1 is 1.07 bits per heavy atom. The lowest BCUT2D eigenvalue weighted by molar-refractivity contribution is -0.136. The van der Waals surface area contributed by atoms with Gasteiger partial charge in [0.15, 0.2) is 9.84 Å². The number of nitrogens with zero attached hydrogens (tertiary/aromatic N) is 2. The van der Waals surface area contributed by atoms with Crippen molar-refractivity contribution in [3.63, 3.8) is 0 Å². The zero-order valence-electron chi connectivity index (χ0n) is 17.0. The maximum atomic E-state index is 13.4. The molecule has 0 N–H and O–H groups in total. The van der Waals surface area contributed by atoms with Gasteiger partial charge in [-0.05, 0) is 30.2 Å². The molecule has 1 heterocycles. The number of hydrogen-bond donors (Lipinski definition) is 0. The first kappa shape index (κ1) is 21.3. The van der Waals surface area contributed by atoms with Crippen LogP contribution in [0.15, 0.2) is 54.6 Å². The zero-order valence-corrected chi connectivity index (χ0v) is 17.8. The Kier molecular flexibility index (Phi) is 6.92. The average Bonchev–Trinajstić information content (AvgIpc) is 2.72. The van der Waals surface area contributed by atoms with Crippen molar-refractivity contribution in [2.45, 2.75) is 19.5 Å². The molecule has 6 nitrogen and oxygen atoms in total. The lowest BCUT2D eigenvalue weighted by atomic mass is 10.0. The van der Waals surface area contributed by atoms with Crippen molar-refractivity contribution in [3.8, 4) is 5.75 Å². The summed E-state index contributed by atoms with van der Waals surface area (Å²) in [7, 11) is -1.23.